The number of anilines is 1. The third kappa shape index (κ3) is 2.73. The molecule has 1 aromatic carbocycles. The van der Waals surface area contributed by atoms with Gasteiger partial charge in [0.25, 0.3) is 0 Å². The summed E-state index contributed by atoms with van der Waals surface area (Å²) in [6.07, 6.45) is 2.50. The van der Waals surface area contributed by atoms with E-state index in [4.69, 9.17) is 0 Å². The number of aryl methyl sites for hydroxylation is 2. The number of fused-ring (bicyclic) bond motifs is 1. The Bertz CT molecular complexity index is 928. The number of aromatic hydroxyl groups is 1. The van der Waals surface area contributed by atoms with E-state index in [1.807, 2.05) is 37.6 Å². The molecule has 3 aromatic rings. The van der Waals surface area contributed by atoms with Crippen molar-refractivity contribution in [1.82, 2.24) is 19.1 Å². The maximum absolute atomic E-state index is 12.4. The minimum absolute atomic E-state index is 0.207. The summed E-state index contributed by atoms with van der Waals surface area (Å²) in [7, 11) is 1.87. The number of benzene rings is 1. The summed E-state index contributed by atoms with van der Waals surface area (Å²) in [5.41, 5.74) is 1.80. The van der Waals surface area contributed by atoms with Crippen LogP contribution in [0.2, 0.25) is 0 Å². The van der Waals surface area contributed by atoms with Gasteiger partial charge in [-0.3, -0.25) is 4.57 Å². The predicted molar refractivity (Wildman–Crippen MR) is 93.2 cm³/mol. The van der Waals surface area contributed by atoms with Crippen molar-refractivity contribution in [2.75, 3.05) is 5.32 Å². The van der Waals surface area contributed by atoms with Crippen molar-refractivity contribution in [2.24, 2.45) is 7.05 Å². The number of imidazole rings is 1. The molecule has 0 bridgehead atoms. The van der Waals surface area contributed by atoms with Gasteiger partial charge in [0.05, 0.1) is 12.4 Å². The van der Waals surface area contributed by atoms with Crippen LogP contribution in [0.1, 0.15) is 31.9 Å². The van der Waals surface area contributed by atoms with Crippen LogP contribution >= 0.6 is 0 Å². The SMILES string of the molecule is CCCn1c(=O)nc(NC(C)c2ccccc2O)c2c1ncn2C. The Hall–Kier alpha value is -2.83. The Labute approximate surface area is 139 Å². The largest absolute Gasteiger partial charge is 0.508 e. The zero-order valence-electron chi connectivity index (χ0n) is 14.0. The fourth-order valence-electron chi connectivity index (χ4n) is 2.85. The van der Waals surface area contributed by atoms with E-state index in [0.29, 0.717) is 18.0 Å². The quantitative estimate of drug-likeness (QED) is 0.752. The molecule has 2 N–H and O–H groups in total. The van der Waals surface area contributed by atoms with Gasteiger partial charge in [-0.2, -0.15) is 4.98 Å². The first-order chi connectivity index (χ1) is 11.5. The topological polar surface area (TPSA) is 85.0 Å². The van der Waals surface area contributed by atoms with Crippen LogP contribution in [-0.4, -0.2) is 24.2 Å². The molecule has 0 aliphatic heterocycles. The maximum atomic E-state index is 12.4. The lowest BCUT2D eigenvalue weighted by Crippen LogP contribution is -2.25. The van der Waals surface area contributed by atoms with Gasteiger partial charge in [0.1, 0.15) is 11.3 Å². The zero-order valence-corrected chi connectivity index (χ0v) is 14.0. The number of rotatable bonds is 5. The zero-order chi connectivity index (χ0) is 17.3. The van der Waals surface area contributed by atoms with Crippen molar-refractivity contribution in [2.45, 2.75) is 32.9 Å². The minimum atomic E-state index is -0.324. The molecular formula is C17H21N5O2. The highest BCUT2D eigenvalue weighted by Crippen LogP contribution is 2.28. The van der Waals surface area contributed by atoms with E-state index in [1.165, 1.54) is 0 Å². The smallest absolute Gasteiger partial charge is 0.351 e. The predicted octanol–water partition coefficient (Wildman–Crippen LogP) is 2.42. The molecule has 1 atom stereocenters. The maximum Gasteiger partial charge on any atom is 0.351 e. The van der Waals surface area contributed by atoms with Crippen molar-refractivity contribution < 1.29 is 5.11 Å². The van der Waals surface area contributed by atoms with Crippen LogP contribution in [0.25, 0.3) is 11.2 Å². The van der Waals surface area contributed by atoms with Crippen molar-refractivity contribution in [3.8, 4) is 5.75 Å². The van der Waals surface area contributed by atoms with Gasteiger partial charge in [-0.1, -0.05) is 25.1 Å². The number of aromatic nitrogens is 4. The van der Waals surface area contributed by atoms with E-state index in [1.54, 1.807) is 23.0 Å². The fraction of sp³-hybridized carbons (Fsp3) is 0.353. The van der Waals surface area contributed by atoms with Crippen LogP contribution in [0, 0.1) is 0 Å². The van der Waals surface area contributed by atoms with Crippen LogP contribution < -0.4 is 11.0 Å². The van der Waals surface area contributed by atoms with Gasteiger partial charge in [0.2, 0.25) is 0 Å². The van der Waals surface area contributed by atoms with Gasteiger partial charge >= 0.3 is 5.69 Å². The number of nitrogens with zero attached hydrogens (tertiary/aromatic N) is 4. The molecule has 3 rings (SSSR count). The van der Waals surface area contributed by atoms with Gasteiger partial charge in [0, 0.05) is 19.2 Å². The lowest BCUT2D eigenvalue weighted by molar-refractivity contribution is 0.465. The number of hydrogen-bond acceptors (Lipinski definition) is 5. The number of para-hydroxylation sites is 1. The molecule has 0 radical (unpaired) electrons. The average molecular weight is 327 g/mol. The first kappa shape index (κ1) is 16.0. The number of phenolic OH excluding ortho intramolecular Hbond substituents is 1. The van der Waals surface area contributed by atoms with Crippen molar-refractivity contribution in [3.63, 3.8) is 0 Å². The molecule has 1 unspecified atom stereocenters. The Kier molecular flexibility index (Phi) is 4.24. The lowest BCUT2D eigenvalue weighted by atomic mass is 10.1. The van der Waals surface area contributed by atoms with Gasteiger partial charge < -0.3 is 15.0 Å². The monoisotopic (exact) mass is 327 g/mol. The Morgan fingerprint density at radius 1 is 1.33 bits per heavy atom. The lowest BCUT2D eigenvalue weighted by Gasteiger charge is -2.17. The van der Waals surface area contributed by atoms with Crippen LogP contribution in [0.3, 0.4) is 0 Å². The summed E-state index contributed by atoms with van der Waals surface area (Å²) in [6.45, 7) is 4.50. The van der Waals surface area contributed by atoms with Crippen molar-refractivity contribution >= 4 is 17.0 Å². The highest BCUT2D eigenvalue weighted by atomic mass is 16.3. The van der Waals surface area contributed by atoms with Crippen molar-refractivity contribution in [1.29, 1.82) is 0 Å². The van der Waals surface area contributed by atoms with Crippen molar-refractivity contribution in [3.05, 3.63) is 46.6 Å². The Morgan fingerprint density at radius 3 is 2.79 bits per heavy atom. The Morgan fingerprint density at radius 2 is 2.08 bits per heavy atom. The molecule has 126 valence electrons. The summed E-state index contributed by atoms with van der Waals surface area (Å²) < 4.78 is 3.43. The molecule has 0 saturated carbocycles. The molecule has 7 heteroatoms. The fourth-order valence-corrected chi connectivity index (χ4v) is 2.85. The second-order valence-electron chi connectivity index (χ2n) is 5.85. The Balaban J connectivity index is 2.07. The van der Waals surface area contributed by atoms with Gasteiger partial charge in [-0.05, 0) is 19.4 Å². The summed E-state index contributed by atoms with van der Waals surface area (Å²) in [6, 6.07) is 6.90. The molecule has 0 saturated heterocycles. The second-order valence-corrected chi connectivity index (χ2v) is 5.85. The van der Waals surface area contributed by atoms with E-state index >= 15 is 0 Å². The molecule has 24 heavy (non-hydrogen) atoms. The third-order valence-electron chi connectivity index (χ3n) is 4.04. The van der Waals surface area contributed by atoms with E-state index in [9.17, 15) is 9.90 Å². The van der Waals surface area contributed by atoms with Gasteiger partial charge in [0.15, 0.2) is 11.5 Å². The summed E-state index contributed by atoms with van der Waals surface area (Å²) in [5, 5.41) is 13.2. The summed E-state index contributed by atoms with van der Waals surface area (Å²) in [5.74, 6) is 0.677. The standard InChI is InChI=1S/C17H21N5O2/c1-4-9-22-16-14(21(3)10-18-16)15(20-17(22)24)19-11(2)12-7-5-6-8-13(12)23/h5-8,10-11,23H,4,9H2,1-3H3,(H,19,20,24). The van der Waals surface area contributed by atoms with E-state index in [0.717, 1.165) is 17.5 Å². The van der Waals surface area contributed by atoms with Crippen LogP contribution in [-0.2, 0) is 13.6 Å². The van der Waals surface area contributed by atoms with Crippen LogP contribution in [0.5, 0.6) is 5.75 Å². The normalized spacial score (nSPS) is 12.5. The number of phenols is 1. The van der Waals surface area contributed by atoms with E-state index in [2.05, 4.69) is 15.3 Å². The van der Waals surface area contributed by atoms with Gasteiger partial charge in [-0.25, -0.2) is 9.78 Å². The average Bonchev–Trinajstić information content (AvgIpc) is 2.93. The first-order valence-corrected chi connectivity index (χ1v) is 7.99. The number of hydrogen-bond donors (Lipinski definition) is 2. The van der Waals surface area contributed by atoms with E-state index < -0.39 is 0 Å². The molecule has 0 fully saturated rings. The van der Waals surface area contributed by atoms with Crippen LogP contribution in [0.4, 0.5) is 5.82 Å². The minimum Gasteiger partial charge on any atom is -0.508 e. The molecule has 0 amide bonds. The third-order valence-corrected chi connectivity index (χ3v) is 4.04. The highest BCUT2D eigenvalue weighted by molar-refractivity contribution is 5.83. The molecular weight excluding hydrogens is 306 g/mol. The molecule has 0 aliphatic carbocycles. The highest BCUT2D eigenvalue weighted by Gasteiger charge is 2.17. The molecule has 2 heterocycles. The molecule has 2 aromatic heterocycles. The van der Waals surface area contributed by atoms with Crippen LogP contribution in [0.15, 0.2) is 35.4 Å². The molecule has 0 aliphatic rings. The summed E-state index contributed by atoms with van der Waals surface area (Å²) >= 11 is 0. The van der Waals surface area contributed by atoms with Gasteiger partial charge in [-0.15, -0.1) is 0 Å². The molecule has 0 spiro atoms. The number of nitrogens with one attached hydrogen (secondary N) is 1. The molecule has 7 nitrogen and oxygen atoms in total. The first-order valence-electron chi connectivity index (χ1n) is 7.99. The second kappa shape index (κ2) is 6.35. The summed E-state index contributed by atoms with van der Waals surface area (Å²) in [4.78, 5) is 20.9. The van der Waals surface area contributed by atoms with E-state index in [-0.39, 0.29) is 17.5 Å².